The molecule has 246 valence electrons. The smallest absolute Gasteiger partial charge is 0.317 e. The van der Waals surface area contributed by atoms with Crippen molar-refractivity contribution in [1.29, 1.82) is 0 Å². The molecule has 0 aromatic heterocycles. The highest BCUT2D eigenvalue weighted by atomic mass is 16.4. The molecular weight excluding hydrogens is 590 g/mol. The van der Waals surface area contributed by atoms with Crippen LogP contribution in [0.15, 0.2) is 48.5 Å². The molecular formula is C30H41N5O10. The fourth-order valence-electron chi connectivity index (χ4n) is 4.37. The Balaban J connectivity index is 1.88. The molecule has 45 heavy (non-hydrogen) atoms. The molecule has 0 bridgehead atoms. The Morgan fingerprint density at radius 2 is 0.800 bits per heavy atom. The maximum atomic E-state index is 12.5. The van der Waals surface area contributed by atoms with E-state index in [1.807, 2.05) is 0 Å². The van der Waals surface area contributed by atoms with Crippen molar-refractivity contribution in [2.45, 2.75) is 12.8 Å². The fraction of sp³-hybridized carbons (Fsp3) is 0.433. The second kappa shape index (κ2) is 19.5. The highest BCUT2D eigenvalue weighted by molar-refractivity contribution is 5.79. The monoisotopic (exact) mass is 631 g/mol. The lowest BCUT2D eigenvalue weighted by Gasteiger charge is -2.28. The summed E-state index contributed by atoms with van der Waals surface area (Å²) < 4.78 is 0. The molecule has 0 spiro atoms. The van der Waals surface area contributed by atoms with Gasteiger partial charge in [-0.3, -0.25) is 38.7 Å². The summed E-state index contributed by atoms with van der Waals surface area (Å²) in [5.74, 6) is -4.05. The maximum absolute atomic E-state index is 12.5. The molecule has 0 saturated carbocycles. The van der Waals surface area contributed by atoms with Crippen molar-refractivity contribution in [3.8, 4) is 11.5 Å². The van der Waals surface area contributed by atoms with Crippen LogP contribution in [0, 0.1) is 0 Å². The number of hydrogen-bond donors (Lipinski definition) is 7. The van der Waals surface area contributed by atoms with Gasteiger partial charge in [-0.1, -0.05) is 24.3 Å². The Morgan fingerprint density at radius 3 is 1.13 bits per heavy atom. The van der Waals surface area contributed by atoms with Gasteiger partial charge in [0.05, 0.1) is 32.7 Å². The number of carbonyl (C=O) groups excluding carboxylic acids is 2. The van der Waals surface area contributed by atoms with Gasteiger partial charge in [0, 0.05) is 39.3 Å². The zero-order chi connectivity index (χ0) is 33.2. The van der Waals surface area contributed by atoms with Gasteiger partial charge in [-0.25, -0.2) is 0 Å². The Labute approximate surface area is 260 Å². The van der Waals surface area contributed by atoms with Gasteiger partial charge >= 0.3 is 17.9 Å². The number of carbonyl (C=O) groups is 5. The average Bonchev–Trinajstić information content (AvgIpc) is 2.95. The normalized spacial score (nSPS) is 11.1. The largest absolute Gasteiger partial charge is 0.508 e. The minimum atomic E-state index is -1.17. The summed E-state index contributed by atoms with van der Waals surface area (Å²) in [5, 5.41) is 52.2. The van der Waals surface area contributed by atoms with Crippen LogP contribution in [-0.4, -0.2) is 142 Å². The minimum absolute atomic E-state index is 0.0433. The second-order valence-electron chi connectivity index (χ2n) is 10.4. The summed E-state index contributed by atoms with van der Waals surface area (Å²) in [5.41, 5.74) is 1.78. The van der Waals surface area contributed by atoms with Crippen LogP contribution in [0.4, 0.5) is 0 Å². The summed E-state index contributed by atoms with van der Waals surface area (Å²) >= 11 is 0. The highest BCUT2D eigenvalue weighted by Gasteiger charge is 2.20. The number of aliphatic carboxylic acids is 3. The first-order valence-corrected chi connectivity index (χ1v) is 14.3. The fourth-order valence-corrected chi connectivity index (χ4v) is 4.37. The molecule has 2 amide bonds. The van der Waals surface area contributed by atoms with E-state index in [0.29, 0.717) is 25.9 Å². The summed E-state index contributed by atoms with van der Waals surface area (Å²) in [6, 6.07) is 13.0. The van der Waals surface area contributed by atoms with E-state index >= 15 is 0 Å². The summed E-state index contributed by atoms with van der Waals surface area (Å²) in [6.45, 7) is -0.998. The third kappa shape index (κ3) is 16.6. The van der Waals surface area contributed by atoms with Gasteiger partial charge < -0.3 is 36.2 Å². The van der Waals surface area contributed by atoms with Crippen LogP contribution >= 0.6 is 0 Å². The van der Waals surface area contributed by atoms with Crippen LogP contribution < -0.4 is 10.6 Å². The zero-order valence-electron chi connectivity index (χ0n) is 24.9. The van der Waals surface area contributed by atoms with Gasteiger partial charge in [-0.15, -0.1) is 0 Å². The van der Waals surface area contributed by atoms with E-state index in [-0.39, 0.29) is 50.8 Å². The molecule has 15 nitrogen and oxygen atoms in total. The number of amides is 2. The molecule has 0 unspecified atom stereocenters. The standard InChI is InChI=1S/C30H41N5O10/c36-24-5-1-22(2-6-24)9-11-31-26(38)17-34(20-29(42)43)15-13-33(19-28(40)41)14-16-35(21-30(44)45)18-27(39)32-12-10-23-3-7-25(37)8-4-23/h1-8,36-37H,9-21H2,(H,31,38)(H,32,39)(H,40,41)(H,42,43)(H,44,45). The number of phenols is 2. The molecule has 0 aliphatic heterocycles. The molecule has 2 aromatic rings. The lowest BCUT2D eigenvalue weighted by atomic mass is 10.1. The van der Waals surface area contributed by atoms with Crippen LogP contribution in [0.2, 0.25) is 0 Å². The quantitative estimate of drug-likeness (QED) is 0.0854. The molecule has 0 fully saturated rings. The SMILES string of the molecule is O=C(O)CN(CCN(CC(=O)O)CC(=O)NCCc1ccc(O)cc1)CCN(CC(=O)O)CC(=O)NCCc1ccc(O)cc1. The first-order valence-electron chi connectivity index (χ1n) is 14.3. The maximum Gasteiger partial charge on any atom is 0.317 e. The topological polar surface area (TPSA) is 220 Å². The third-order valence-electron chi connectivity index (χ3n) is 6.62. The van der Waals surface area contributed by atoms with Crippen molar-refractivity contribution in [3.05, 3.63) is 59.7 Å². The Hall–Kier alpha value is -4.73. The Bertz CT molecular complexity index is 1170. The highest BCUT2D eigenvalue weighted by Crippen LogP contribution is 2.10. The van der Waals surface area contributed by atoms with Gasteiger partial charge in [0.1, 0.15) is 11.5 Å². The summed E-state index contributed by atoms with van der Waals surface area (Å²) in [4.78, 5) is 63.5. The van der Waals surface area contributed by atoms with Gasteiger partial charge in [0.15, 0.2) is 0 Å². The molecule has 2 rings (SSSR count). The van der Waals surface area contributed by atoms with E-state index in [0.717, 1.165) is 11.1 Å². The van der Waals surface area contributed by atoms with Gasteiger partial charge in [-0.2, -0.15) is 0 Å². The number of nitrogens with one attached hydrogen (secondary N) is 2. The van der Waals surface area contributed by atoms with E-state index < -0.39 is 49.4 Å². The number of carboxylic acid groups (broad SMARTS) is 3. The van der Waals surface area contributed by atoms with Crippen molar-refractivity contribution >= 4 is 29.7 Å². The van der Waals surface area contributed by atoms with E-state index in [9.17, 15) is 49.5 Å². The first-order chi connectivity index (χ1) is 21.4. The predicted octanol–water partition coefficient (Wildman–Crippen LogP) is -0.725. The minimum Gasteiger partial charge on any atom is -0.508 e. The molecule has 0 atom stereocenters. The molecule has 15 heteroatoms. The zero-order valence-corrected chi connectivity index (χ0v) is 24.9. The number of hydrogen-bond acceptors (Lipinski definition) is 10. The number of rotatable bonds is 22. The molecule has 0 heterocycles. The van der Waals surface area contributed by atoms with E-state index in [2.05, 4.69) is 10.6 Å². The number of carboxylic acids is 3. The molecule has 0 aliphatic carbocycles. The Kier molecular flexibility index (Phi) is 15.8. The third-order valence-corrected chi connectivity index (χ3v) is 6.62. The van der Waals surface area contributed by atoms with Crippen molar-refractivity contribution in [2.75, 3.05) is 72.0 Å². The number of phenolic OH excluding ortho intramolecular Hbond substituents is 2. The predicted molar refractivity (Wildman–Crippen MR) is 162 cm³/mol. The van der Waals surface area contributed by atoms with Crippen LogP contribution in [0.5, 0.6) is 11.5 Å². The molecule has 0 radical (unpaired) electrons. The molecule has 0 saturated heterocycles. The molecule has 0 aliphatic rings. The first kappa shape index (κ1) is 36.5. The van der Waals surface area contributed by atoms with E-state index in [4.69, 9.17) is 0 Å². The lowest BCUT2D eigenvalue weighted by Crippen LogP contribution is -2.47. The van der Waals surface area contributed by atoms with Crippen LogP contribution in [-0.2, 0) is 36.8 Å². The van der Waals surface area contributed by atoms with Crippen molar-refractivity contribution < 1.29 is 49.5 Å². The average molecular weight is 632 g/mol. The number of benzene rings is 2. The number of aromatic hydroxyl groups is 2. The van der Waals surface area contributed by atoms with Gasteiger partial charge in [-0.05, 0) is 48.2 Å². The van der Waals surface area contributed by atoms with E-state index in [1.54, 1.807) is 24.3 Å². The summed E-state index contributed by atoms with van der Waals surface area (Å²) in [7, 11) is 0. The van der Waals surface area contributed by atoms with Gasteiger partial charge in [0.2, 0.25) is 11.8 Å². The van der Waals surface area contributed by atoms with Crippen LogP contribution in [0.3, 0.4) is 0 Å². The van der Waals surface area contributed by atoms with Gasteiger partial charge in [0.25, 0.3) is 0 Å². The molecule has 2 aromatic carbocycles. The molecule has 7 N–H and O–H groups in total. The second-order valence-corrected chi connectivity index (χ2v) is 10.4. The van der Waals surface area contributed by atoms with Crippen LogP contribution in [0.1, 0.15) is 11.1 Å². The van der Waals surface area contributed by atoms with Crippen molar-refractivity contribution in [1.82, 2.24) is 25.3 Å². The lowest BCUT2D eigenvalue weighted by molar-refractivity contribution is -0.141. The van der Waals surface area contributed by atoms with Crippen molar-refractivity contribution in [2.24, 2.45) is 0 Å². The van der Waals surface area contributed by atoms with E-state index in [1.165, 1.54) is 39.0 Å². The Morgan fingerprint density at radius 1 is 0.489 bits per heavy atom. The van der Waals surface area contributed by atoms with Crippen molar-refractivity contribution in [3.63, 3.8) is 0 Å². The van der Waals surface area contributed by atoms with Crippen LogP contribution in [0.25, 0.3) is 0 Å². The number of nitrogens with zero attached hydrogens (tertiary/aromatic N) is 3. The summed E-state index contributed by atoms with van der Waals surface area (Å²) in [6.07, 6.45) is 1.00.